The Bertz CT molecular complexity index is 834. The van der Waals surface area contributed by atoms with Gasteiger partial charge in [0.25, 0.3) is 0 Å². The largest absolute Gasteiger partial charge is 0.544 e. The second-order valence-corrected chi connectivity index (χ2v) is 13.8. The van der Waals surface area contributed by atoms with E-state index in [1.165, 1.54) is 83.5 Å². The Hall–Kier alpha value is -2.19. The van der Waals surface area contributed by atoms with E-state index in [1.807, 2.05) is 12.2 Å². The number of hydrogen-bond donors (Lipinski definition) is 0. The van der Waals surface area contributed by atoms with E-state index in [2.05, 4.69) is 26.0 Å². The Labute approximate surface area is 288 Å². The zero-order chi connectivity index (χ0) is 35.0. The number of hydrogen-bond acceptors (Lipinski definition) is 7. The summed E-state index contributed by atoms with van der Waals surface area (Å²) in [5, 5.41) is 11.5. The van der Waals surface area contributed by atoms with Crippen LogP contribution in [0.3, 0.4) is 0 Å². The molecule has 0 radical (unpaired) electrons. The van der Waals surface area contributed by atoms with Crippen LogP contribution in [0.2, 0.25) is 0 Å². The predicted octanol–water partition coefficient (Wildman–Crippen LogP) is 8.02. The number of ether oxygens (including phenoxy) is 3. The van der Waals surface area contributed by atoms with Crippen LogP contribution in [-0.2, 0) is 28.6 Å². The van der Waals surface area contributed by atoms with Gasteiger partial charge in [-0.25, -0.2) is 0 Å². The molecule has 47 heavy (non-hydrogen) atoms. The Morgan fingerprint density at radius 1 is 0.660 bits per heavy atom. The van der Waals surface area contributed by atoms with Crippen molar-refractivity contribution in [1.29, 1.82) is 0 Å². The van der Waals surface area contributed by atoms with E-state index in [0.717, 1.165) is 32.1 Å². The highest BCUT2D eigenvalue weighted by Gasteiger charge is 2.25. The van der Waals surface area contributed by atoms with Crippen LogP contribution in [0.1, 0.15) is 155 Å². The molecule has 0 saturated heterocycles. The number of esters is 2. The number of allylic oxidation sites excluding steroid dienone is 4. The summed E-state index contributed by atoms with van der Waals surface area (Å²) in [6, 6.07) is -0.729. The minimum atomic E-state index is -1.13. The lowest BCUT2D eigenvalue weighted by Gasteiger charge is -2.34. The quantitative estimate of drug-likeness (QED) is 0.0303. The number of quaternary nitrogens is 1. The van der Waals surface area contributed by atoms with Crippen LogP contribution in [0.15, 0.2) is 24.3 Å². The van der Waals surface area contributed by atoms with Gasteiger partial charge in [0.15, 0.2) is 6.10 Å². The fourth-order valence-electron chi connectivity index (χ4n) is 5.42. The van der Waals surface area contributed by atoms with Crippen LogP contribution in [0.4, 0.5) is 0 Å². The molecule has 2 atom stereocenters. The number of nitrogens with zero attached hydrogens (tertiary/aromatic N) is 1. The van der Waals surface area contributed by atoms with Crippen LogP contribution < -0.4 is 5.11 Å². The standard InChI is InChI=1S/C39H71NO7/c1-6-8-10-12-14-15-16-17-18-19-20-21-22-24-25-27-29-37(41)46-34-35(33-45-32-31-36(39(43)44)40(3,4)5)47-38(42)30-28-26-23-13-11-9-7-2/h9,11,23,26,35-36H,6-8,10,12-22,24-25,27-34H2,1-5H3/b11-9+,26-23+. The first kappa shape index (κ1) is 44.8. The predicted molar refractivity (Wildman–Crippen MR) is 190 cm³/mol. The third-order valence-electron chi connectivity index (χ3n) is 8.37. The second-order valence-electron chi connectivity index (χ2n) is 13.8. The maximum atomic E-state index is 12.5. The molecule has 0 fully saturated rings. The lowest BCUT2D eigenvalue weighted by Crippen LogP contribution is -2.55. The number of unbranched alkanes of at least 4 members (excludes halogenated alkanes) is 15. The molecule has 0 spiro atoms. The van der Waals surface area contributed by atoms with Crippen molar-refractivity contribution in [3.63, 3.8) is 0 Å². The molecule has 0 aliphatic heterocycles. The summed E-state index contributed by atoms with van der Waals surface area (Å²) in [4.78, 5) is 36.4. The Kier molecular flexibility index (Phi) is 29.7. The molecule has 274 valence electrons. The molecule has 2 unspecified atom stereocenters. The SMILES string of the molecule is CC/C=C/C/C=C/CCC(=O)OC(COCCC(C(=O)[O-])[N+](C)(C)C)COC(=O)CCCCCCCCCCCCCCCCCC. The van der Waals surface area contributed by atoms with E-state index >= 15 is 0 Å². The summed E-state index contributed by atoms with van der Waals surface area (Å²) >= 11 is 0. The first-order valence-electron chi connectivity index (χ1n) is 18.9. The summed E-state index contributed by atoms with van der Waals surface area (Å²) in [7, 11) is 5.37. The molecular weight excluding hydrogens is 594 g/mol. The van der Waals surface area contributed by atoms with E-state index in [4.69, 9.17) is 14.2 Å². The summed E-state index contributed by atoms with van der Waals surface area (Å²) in [6.45, 7) is 4.44. The van der Waals surface area contributed by atoms with Crippen molar-refractivity contribution in [3.05, 3.63) is 24.3 Å². The molecule has 8 heteroatoms. The summed E-state index contributed by atoms with van der Waals surface area (Å²) in [6.07, 6.45) is 31.0. The number of rotatable bonds is 33. The minimum absolute atomic E-state index is 0.0205. The van der Waals surface area contributed by atoms with Crippen molar-refractivity contribution in [1.82, 2.24) is 0 Å². The maximum absolute atomic E-state index is 12.5. The van der Waals surface area contributed by atoms with Gasteiger partial charge in [-0.3, -0.25) is 9.59 Å². The van der Waals surface area contributed by atoms with E-state index in [-0.39, 0.29) is 49.1 Å². The van der Waals surface area contributed by atoms with Crippen LogP contribution >= 0.6 is 0 Å². The zero-order valence-corrected chi connectivity index (χ0v) is 30.9. The highest BCUT2D eigenvalue weighted by atomic mass is 16.6. The first-order valence-corrected chi connectivity index (χ1v) is 18.9. The molecule has 0 saturated carbocycles. The highest BCUT2D eigenvalue weighted by Crippen LogP contribution is 2.14. The average molecular weight is 666 g/mol. The normalized spacial score (nSPS) is 13.3. The van der Waals surface area contributed by atoms with Crippen LogP contribution in [0.25, 0.3) is 0 Å². The van der Waals surface area contributed by atoms with Crippen molar-refractivity contribution >= 4 is 17.9 Å². The molecule has 0 aromatic carbocycles. The number of carboxylic acids is 1. The zero-order valence-electron chi connectivity index (χ0n) is 30.9. The second kappa shape index (κ2) is 31.1. The molecule has 0 rings (SSSR count). The Morgan fingerprint density at radius 3 is 1.70 bits per heavy atom. The molecule has 0 aliphatic rings. The van der Waals surface area contributed by atoms with Crippen LogP contribution in [-0.4, -0.2) is 75.5 Å². The van der Waals surface area contributed by atoms with Gasteiger partial charge in [0, 0.05) is 19.3 Å². The molecule has 0 aromatic rings. The smallest absolute Gasteiger partial charge is 0.306 e. The topological polar surface area (TPSA) is 102 Å². The van der Waals surface area contributed by atoms with Gasteiger partial charge in [-0.05, 0) is 25.7 Å². The number of aliphatic carboxylic acids is 1. The van der Waals surface area contributed by atoms with Crippen molar-refractivity contribution in [2.75, 3.05) is 41.0 Å². The van der Waals surface area contributed by atoms with Crippen molar-refractivity contribution in [2.45, 2.75) is 167 Å². The van der Waals surface area contributed by atoms with Gasteiger partial charge in [-0.15, -0.1) is 0 Å². The molecule has 0 bridgehead atoms. The molecule has 0 amide bonds. The van der Waals surface area contributed by atoms with E-state index < -0.39 is 18.1 Å². The van der Waals surface area contributed by atoms with Crippen molar-refractivity contribution in [3.8, 4) is 0 Å². The molecular formula is C39H71NO7. The van der Waals surface area contributed by atoms with Gasteiger partial charge < -0.3 is 28.6 Å². The summed E-state index contributed by atoms with van der Waals surface area (Å²) < 4.78 is 16.9. The number of likely N-dealkylation sites (N-methyl/N-ethyl adjacent to an activating group) is 1. The summed E-state index contributed by atoms with van der Waals surface area (Å²) in [5.41, 5.74) is 0. The molecule has 0 N–H and O–H groups in total. The molecule has 0 aromatic heterocycles. The number of carboxylic acid groups (broad SMARTS) is 1. The number of carbonyl (C=O) groups excluding carboxylic acids is 3. The van der Waals surface area contributed by atoms with Gasteiger partial charge in [-0.2, -0.15) is 0 Å². The van der Waals surface area contributed by atoms with E-state index in [1.54, 1.807) is 21.1 Å². The fraction of sp³-hybridized carbons (Fsp3) is 0.821. The van der Waals surface area contributed by atoms with Gasteiger partial charge in [-0.1, -0.05) is 134 Å². The van der Waals surface area contributed by atoms with Gasteiger partial charge >= 0.3 is 11.9 Å². The van der Waals surface area contributed by atoms with Gasteiger partial charge in [0.05, 0.1) is 40.3 Å². The lowest BCUT2D eigenvalue weighted by molar-refractivity contribution is -0.889. The maximum Gasteiger partial charge on any atom is 0.306 e. The van der Waals surface area contributed by atoms with Gasteiger partial charge in [0.2, 0.25) is 0 Å². The molecule has 0 aliphatic carbocycles. The molecule has 8 nitrogen and oxygen atoms in total. The minimum Gasteiger partial charge on any atom is -0.544 e. The monoisotopic (exact) mass is 666 g/mol. The summed E-state index contributed by atoms with van der Waals surface area (Å²) in [5.74, 6) is -1.83. The first-order chi connectivity index (χ1) is 22.6. The lowest BCUT2D eigenvalue weighted by atomic mass is 10.0. The third-order valence-corrected chi connectivity index (χ3v) is 8.37. The van der Waals surface area contributed by atoms with Crippen LogP contribution in [0, 0.1) is 0 Å². The van der Waals surface area contributed by atoms with Crippen LogP contribution in [0.5, 0.6) is 0 Å². The van der Waals surface area contributed by atoms with Crippen molar-refractivity contribution in [2.24, 2.45) is 0 Å². The van der Waals surface area contributed by atoms with E-state index in [9.17, 15) is 19.5 Å². The Balaban J connectivity index is 4.31. The van der Waals surface area contributed by atoms with Crippen molar-refractivity contribution < 1.29 is 38.2 Å². The molecule has 0 heterocycles. The average Bonchev–Trinajstić information content (AvgIpc) is 3.01. The van der Waals surface area contributed by atoms with Gasteiger partial charge in [0.1, 0.15) is 12.6 Å². The highest BCUT2D eigenvalue weighted by molar-refractivity contribution is 5.70. The number of carbonyl (C=O) groups is 3. The third kappa shape index (κ3) is 29.7. The van der Waals surface area contributed by atoms with E-state index in [0.29, 0.717) is 12.8 Å². The fourth-order valence-corrected chi connectivity index (χ4v) is 5.42. The Morgan fingerprint density at radius 2 is 1.19 bits per heavy atom.